The lowest BCUT2D eigenvalue weighted by molar-refractivity contribution is 0.0689. The maximum Gasteiger partial charge on any atom is 0.356 e. The Bertz CT molecular complexity index is 434. The lowest BCUT2D eigenvalue weighted by Crippen LogP contribution is -2.01. The van der Waals surface area contributed by atoms with Gasteiger partial charge in [-0.1, -0.05) is 0 Å². The first-order chi connectivity index (χ1) is 6.77. The lowest BCUT2D eigenvalue weighted by Gasteiger charge is -1.96. The first kappa shape index (κ1) is 8.43. The molecular weight excluding hydrogens is 182 g/mol. The molecule has 0 aliphatic rings. The summed E-state index contributed by atoms with van der Waals surface area (Å²) in [6, 6.07) is 6.71. The number of aromatic amines is 1. The molecule has 2 aromatic heterocycles. The third kappa shape index (κ3) is 1.47. The van der Waals surface area contributed by atoms with Crippen LogP contribution in [0.2, 0.25) is 0 Å². The van der Waals surface area contributed by atoms with Gasteiger partial charge < -0.3 is 10.1 Å². The monoisotopic (exact) mass is 189 g/mol. The number of aromatic carboxylic acids is 1. The summed E-state index contributed by atoms with van der Waals surface area (Å²) in [6.45, 7) is 0. The predicted octanol–water partition coefficient (Wildman–Crippen LogP) is 1.17. The standard InChI is InChI=1S/C9H7N3O2/c13-9(14)8-4-3-7(11-12-8)6-2-1-5-10-6/h1-5,10H,(H,13,14). The Kier molecular flexibility index (Phi) is 1.98. The van der Waals surface area contributed by atoms with Crippen LogP contribution in [0.5, 0.6) is 0 Å². The molecule has 5 heteroatoms. The predicted molar refractivity (Wildman–Crippen MR) is 48.8 cm³/mol. The molecule has 0 unspecified atom stereocenters. The van der Waals surface area contributed by atoms with Crippen molar-refractivity contribution in [3.63, 3.8) is 0 Å². The number of carboxylic acid groups (broad SMARTS) is 1. The van der Waals surface area contributed by atoms with Gasteiger partial charge in [0.1, 0.15) is 5.69 Å². The minimum Gasteiger partial charge on any atom is -0.476 e. The van der Waals surface area contributed by atoms with Gasteiger partial charge in [-0.05, 0) is 24.3 Å². The van der Waals surface area contributed by atoms with Gasteiger partial charge in [0.2, 0.25) is 0 Å². The van der Waals surface area contributed by atoms with E-state index in [0.717, 1.165) is 5.69 Å². The number of nitrogens with one attached hydrogen (secondary N) is 1. The van der Waals surface area contributed by atoms with Gasteiger partial charge in [-0.2, -0.15) is 0 Å². The average Bonchev–Trinajstić information content (AvgIpc) is 2.71. The number of carboxylic acids is 1. The highest BCUT2D eigenvalue weighted by molar-refractivity contribution is 5.85. The molecule has 0 aliphatic carbocycles. The van der Waals surface area contributed by atoms with E-state index in [-0.39, 0.29) is 5.69 Å². The van der Waals surface area contributed by atoms with Crippen LogP contribution in [0.4, 0.5) is 0 Å². The van der Waals surface area contributed by atoms with Crippen LogP contribution in [-0.2, 0) is 0 Å². The summed E-state index contributed by atoms with van der Waals surface area (Å²) in [5.74, 6) is -1.07. The van der Waals surface area contributed by atoms with Crippen LogP contribution in [-0.4, -0.2) is 26.3 Å². The molecule has 0 saturated carbocycles. The maximum atomic E-state index is 10.5. The zero-order chi connectivity index (χ0) is 9.97. The van der Waals surface area contributed by atoms with Crippen LogP contribution in [0.1, 0.15) is 10.5 Å². The van der Waals surface area contributed by atoms with Crippen molar-refractivity contribution in [2.45, 2.75) is 0 Å². The molecule has 0 fully saturated rings. The molecule has 2 rings (SSSR count). The highest BCUT2D eigenvalue weighted by Crippen LogP contribution is 2.12. The van der Waals surface area contributed by atoms with E-state index in [9.17, 15) is 4.79 Å². The van der Waals surface area contributed by atoms with E-state index in [0.29, 0.717) is 5.69 Å². The van der Waals surface area contributed by atoms with Gasteiger partial charge in [-0.15, -0.1) is 10.2 Å². The maximum absolute atomic E-state index is 10.5. The zero-order valence-electron chi connectivity index (χ0n) is 7.14. The van der Waals surface area contributed by atoms with E-state index in [1.54, 1.807) is 12.3 Å². The Morgan fingerprint density at radius 2 is 2.14 bits per heavy atom. The van der Waals surface area contributed by atoms with Crippen LogP contribution in [0.15, 0.2) is 30.5 Å². The molecule has 70 valence electrons. The minimum absolute atomic E-state index is 0.0553. The molecule has 0 amide bonds. The SMILES string of the molecule is O=C(O)c1ccc(-c2ccc[nH]2)nn1. The summed E-state index contributed by atoms with van der Waals surface area (Å²) in [5.41, 5.74) is 1.38. The first-order valence-corrected chi connectivity index (χ1v) is 3.98. The van der Waals surface area contributed by atoms with Crippen molar-refractivity contribution in [2.24, 2.45) is 0 Å². The van der Waals surface area contributed by atoms with E-state index in [2.05, 4.69) is 15.2 Å². The van der Waals surface area contributed by atoms with Crippen molar-refractivity contribution in [3.05, 3.63) is 36.2 Å². The fourth-order valence-corrected chi connectivity index (χ4v) is 1.08. The lowest BCUT2D eigenvalue weighted by atomic mass is 10.3. The van der Waals surface area contributed by atoms with Crippen LogP contribution in [0.3, 0.4) is 0 Å². The van der Waals surface area contributed by atoms with Gasteiger partial charge in [0.15, 0.2) is 5.69 Å². The molecule has 2 heterocycles. The Hall–Kier alpha value is -2.17. The topological polar surface area (TPSA) is 78.9 Å². The molecule has 5 nitrogen and oxygen atoms in total. The van der Waals surface area contributed by atoms with E-state index in [1.165, 1.54) is 6.07 Å². The number of H-pyrrole nitrogens is 1. The minimum atomic E-state index is -1.07. The van der Waals surface area contributed by atoms with Crippen LogP contribution in [0, 0.1) is 0 Å². The Labute approximate surface area is 79.4 Å². The molecule has 0 aromatic carbocycles. The Morgan fingerprint density at radius 1 is 1.29 bits per heavy atom. The second-order valence-electron chi connectivity index (χ2n) is 2.69. The fraction of sp³-hybridized carbons (Fsp3) is 0. The van der Waals surface area contributed by atoms with Gasteiger partial charge in [0, 0.05) is 6.20 Å². The number of hydrogen-bond acceptors (Lipinski definition) is 3. The van der Waals surface area contributed by atoms with Crippen LogP contribution < -0.4 is 0 Å². The highest BCUT2D eigenvalue weighted by atomic mass is 16.4. The molecule has 0 atom stereocenters. The van der Waals surface area contributed by atoms with E-state index < -0.39 is 5.97 Å². The van der Waals surface area contributed by atoms with Crippen molar-refractivity contribution >= 4 is 5.97 Å². The summed E-state index contributed by atoms with van der Waals surface area (Å²) < 4.78 is 0. The molecule has 0 radical (unpaired) electrons. The summed E-state index contributed by atoms with van der Waals surface area (Å²) in [4.78, 5) is 13.4. The van der Waals surface area contributed by atoms with Gasteiger partial charge in [0.25, 0.3) is 0 Å². The molecular formula is C9H7N3O2. The van der Waals surface area contributed by atoms with Gasteiger partial charge in [0.05, 0.1) is 5.69 Å². The highest BCUT2D eigenvalue weighted by Gasteiger charge is 2.06. The molecule has 2 N–H and O–H groups in total. The zero-order valence-corrected chi connectivity index (χ0v) is 7.14. The molecule has 0 bridgehead atoms. The third-order valence-corrected chi connectivity index (χ3v) is 1.76. The number of nitrogens with zero attached hydrogens (tertiary/aromatic N) is 2. The Balaban J connectivity index is 2.36. The number of carbonyl (C=O) groups is 1. The second kappa shape index (κ2) is 3.29. The van der Waals surface area contributed by atoms with Crippen LogP contribution >= 0.6 is 0 Å². The smallest absolute Gasteiger partial charge is 0.356 e. The molecule has 0 saturated heterocycles. The molecule has 14 heavy (non-hydrogen) atoms. The second-order valence-corrected chi connectivity index (χ2v) is 2.69. The van der Waals surface area contributed by atoms with Crippen molar-refractivity contribution in [2.75, 3.05) is 0 Å². The Morgan fingerprint density at radius 3 is 2.64 bits per heavy atom. The largest absolute Gasteiger partial charge is 0.476 e. The van der Waals surface area contributed by atoms with Gasteiger partial charge in [-0.3, -0.25) is 0 Å². The normalized spacial score (nSPS) is 10.0. The van der Waals surface area contributed by atoms with Crippen molar-refractivity contribution in [3.8, 4) is 11.4 Å². The number of hydrogen-bond donors (Lipinski definition) is 2. The van der Waals surface area contributed by atoms with Gasteiger partial charge >= 0.3 is 5.97 Å². The molecule has 0 aliphatic heterocycles. The van der Waals surface area contributed by atoms with E-state index in [4.69, 9.17) is 5.11 Å². The molecule has 0 spiro atoms. The number of rotatable bonds is 2. The average molecular weight is 189 g/mol. The summed E-state index contributed by atoms with van der Waals surface area (Å²) in [5, 5.41) is 15.9. The first-order valence-electron chi connectivity index (χ1n) is 3.98. The molecule has 2 aromatic rings. The summed E-state index contributed by atoms with van der Waals surface area (Å²) in [7, 11) is 0. The third-order valence-electron chi connectivity index (χ3n) is 1.76. The van der Waals surface area contributed by atoms with Crippen molar-refractivity contribution in [1.29, 1.82) is 0 Å². The summed E-state index contributed by atoms with van der Waals surface area (Å²) in [6.07, 6.45) is 1.77. The van der Waals surface area contributed by atoms with E-state index in [1.807, 2.05) is 12.1 Å². The van der Waals surface area contributed by atoms with Crippen molar-refractivity contribution in [1.82, 2.24) is 15.2 Å². The number of aromatic nitrogens is 3. The summed E-state index contributed by atoms with van der Waals surface area (Å²) >= 11 is 0. The fourth-order valence-electron chi connectivity index (χ4n) is 1.08. The van der Waals surface area contributed by atoms with Crippen LogP contribution in [0.25, 0.3) is 11.4 Å². The van der Waals surface area contributed by atoms with Gasteiger partial charge in [-0.25, -0.2) is 4.79 Å². The van der Waals surface area contributed by atoms with Crippen molar-refractivity contribution < 1.29 is 9.90 Å². The quantitative estimate of drug-likeness (QED) is 0.743. The van der Waals surface area contributed by atoms with E-state index >= 15 is 0 Å².